The zero-order chi connectivity index (χ0) is 18.4. The van der Waals surface area contributed by atoms with Crippen LogP contribution in [-0.2, 0) is 6.54 Å². The largest absolute Gasteiger partial charge is 0.339 e. The highest BCUT2D eigenvalue weighted by molar-refractivity contribution is 5.97. The molecule has 0 spiro atoms. The Morgan fingerprint density at radius 3 is 2.62 bits per heavy atom. The smallest absolute Gasteiger partial charge is 0.314 e. The van der Waals surface area contributed by atoms with Crippen molar-refractivity contribution in [3.05, 3.63) is 30.1 Å². The Morgan fingerprint density at radius 2 is 1.88 bits per heavy atom. The van der Waals surface area contributed by atoms with E-state index in [1.165, 1.54) is 12.8 Å². The summed E-state index contributed by atoms with van der Waals surface area (Å²) in [5, 5.41) is 5.51. The van der Waals surface area contributed by atoms with Crippen molar-refractivity contribution in [3.63, 3.8) is 0 Å². The Kier molecular flexibility index (Phi) is 6.09. The second-order valence-electron chi connectivity index (χ2n) is 6.63. The number of fused-ring (bicyclic) bond motifs is 1. The summed E-state index contributed by atoms with van der Waals surface area (Å²) in [6, 6.07) is 5.53. The molecule has 0 aliphatic carbocycles. The van der Waals surface area contributed by atoms with Crippen LogP contribution in [0.5, 0.6) is 0 Å². The van der Waals surface area contributed by atoms with E-state index in [9.17, 15) is 9.59 Å². The van der Waals surface area contributed by atoms with Gasteiger partial charge in [-0.25, -0.2) is 9.78 Å². The summed E-state index contributed by atoms with van der Waals surface area (Å²) in [6.07, 6.45) is 6.34. The molecular formula is C19H27N5O2. The molecule has 0 saturated carbocycles. The first-order valence-electron chi connectivity index (χ1n) is 9.45. The van der Waals surface area contributed by atoms with Gasteiger partial charge in [-0.05, 0) is 38.0 Å². The molecule has 7 nitrogen and oxygen atoms in total. The number of imidazole rings is 1. The van der Waals surface area contributed by atoms with Crippen LogP contribution in [0.4, 0.5) is 4.79 Å². The minimum Gasteiger partial charge on any atom is -0.339 e. The molecule has 1 saturated heterocycles. The Balaban J connectivity index is 1.66. The fourth-order valence-corrected chi connectivity index (χ4v) is 3.34. The molecule has 0 atom stereocenters. The topological polar surface area (TPSA) is 79.3 Å². The van der Waals surface area contributed by atoms with Gasteiger partial charge >= 0.3 is 6.03 Å². The normalized spacial score (nSPS) is 14.9. The third-order valence-electron chi connectivity index (χ3n) is 4.74. The molecule has 3 amide bonds. The molecule has 0 bridgehead atoms. The maximum absolute atomic E-state index is 12.7. The quantitative estimate of drug-likeness (QED) is 0.862. The van der Waals surface area contributed by atoms with Crippen LogP contribution in [-0.4, -0.2) is 52.6 Å². The summed E-state index contributed by atoms with van der Waals surface area (Å²) in [5.74, 6) is 0.0984. The Hall–Kier alpha value is -2.57. The van der Waals surface area contributed by atoms with Crippen molar-refractivity contribution in [2.45, 2.75) is 39.2 Å². The van der Waals surface area contributed by atoms with Crippen LogP contribution in [0.3, 0.4) is 0 Å². The summed E-state index contributed by atoms with van der Waals surface area (Å²) in [4.78, 5) is 30.6. The number of amides is 3. The molecule has 2 heterocycles. The van der Waals surface area contributed by atoms with Crippen LogP contribution >= 0.6 is 0 Å². The van der Waals surface area contributed by atoms with Crippen LogP contribution in [0.15, 0.2) is 24.5 Å². The zero-order valence-corrected chi connectivity index (χ0v) is 15.3. The molecule has 2 N–H and O–H groups in total. The van der Waals surface area contributed by atoms with Gasteiger partial charge in [-0.3, -0.25) is 4.79 Å². The van der Waals surface area contributed by atoms with Crippen molar-refractivity contribution < 1.29 is 9.59 Å². The molecule has 1 aromatic heterocycles. The number of aromatic nitrogens is 2. The van der Waals surface area contributed by atoms with Gasteiger partial charge in [0.05, 0.1) is 17.4 Å². The molecule has 1 fully saturated rings. The van der Waals surface area contributed by atoms with E-state index in [1.54, 1.807) is 6.33 Å². The van der Waals surface area contributed by atoms with E-state index in [0.717, 1.165) is 37.0 Å². The average Bonchev–Trinajstić information content (AvgIpc) is 2.86. The van der Waals surface area contributed by atoms with Crippen LogP contribution in [0, 0.1) is 0 Å². The van der Waals surface area contributed by atoms with Gasteiger partial charge in [0.15, 0.2) is 0 Å². The molecule has 2 aromatic rings. The van der Waals surface area contributed by atoms with Crippen LogP contribution in [0.2, 0.25) is 0 Å². The predicted octanol–water partition coefficient (Wildman–Crippen LogP) is 2.37. The SMILES string of the molecule is CCNC(=O)NCCn1cnc2cc(C(=O)N3CCCCCC3)ccc21. The number of hydrogen-bond donors (Lipinski definition) is 2. The molecule has 26 heavy (non-hydrogen) atoms. The number of likely N-dealkylation sites (tertiary alicyclic amines) is 1. The lowest BCUT2D eigenvalue weighted by Gasteiger charge is -2.20. The van der Waals surface area contributed by atoms with E-state index in [4.69, 9.17) is 0 Å². The highest BCUT2D eigenvalue weighted by Gasteiger charge is 2.18. The summed E-state index contributed by atoms with van der Waals surface area (Å²) < 4.78 is 1.99. The average molecular weight is 357 g/mol. The third kappa shape index (κ3) is 4.33. The van der Waals surface area contributed by atoms with Gasteiger partial charge in [0.25, 0.3) is 5.91 Å². The summed E-state index contributed by atoms with van der Waals surface area (Å²) in [7, 11) is 0. The number of urea groups is 1. The maximum atomic E-state index is 12.7. The van der Waals surface area contributed by atoms with Gasteiger partial charge in [0.1, 0.15) is 0 Å². The van der Waals surface area contributed by atoms with Gasteiger partial charge in [-0.1, -0.05) is 12.8 Å². The maximum Gasteiger partial charge on any atom is 0.314 e. The molecule has 140 valence electrons. The van der Waals surface area contributed by atoms with E-state index in [0.29, 0.717) is 25.2 Å². The molecular weight excluding hydrogens is 330 g/mol. The molecule has 1 aromatic carbocycles. The Morgan fingerprint density at radius 1 is 1.12 bits per heavy atom. The van der Waals surface area contributed by atoms with Crippen molar-refractivity contribution in [1.82, 2.24) is 25.1 Å². The number of hydrogen-bond acceptors (Lipinski definition) is 3. The van der Waals surface area contributed by atoms with Crippen LogP contribution in [0.25, 0.3) is 11.0 Å². The minimum absolute atomic E-state index is 0.0984. The lowest BCUT2D eigenvalue weighted by molar-refractivity contribution is 0.0762. The van der Waals surface area contributed by atoms with E-state index in [2.05, 4.69) is 15.6 Å². The second kappa shape index (κ2) is 8.69. The van der Waals surface area contributed by atoms with E-state index in [1.807, 2.05) is 34.6 Å². The van der Waals surface area contributed by atoms with Crippen molar-refractivity contribution in [2.24, 2.45) is 0 Å². The zero-order valence-electron chi connectivity index (χ0n) is 15.3. The molecule has 1 aliphatic heterocycles. The molecule has 0 radical (unpaired) electrons. The number of nitrogens with zero attached hydrogens (tertiary/aromatic N) is 3. The fraction of sp³-hybridized carbons (Fsp3) is 0.526. The summed E-state index contributed by atoms with van der Waals surface area (Å²) in [6.45, 7) is 5.33. The lowest BCUT2D eigenvalue weighted by atomic mass is 10.1. The van der Waals surface area contributed by atoms with E-state index in [-0.39, 0.29) is 11.9 Å². The number of rotatable bonds is 5. The van der Waals surface area contributed by atoms with E-state index < -0.39 is 0 Å². The Bertz CT molecular complexity index is 762. The summed E-state index contributed by atoms with van der Waals surface area (Å²) in [5.41, 5.74) is 2.48. The van der Waals surface area contributed by atoms with Crippen LogP contribution < -0.4 is 10.6 Å². The minimum atomic E-state index is -0.165. The predicted molar refractivity (Wildman–Crippen MR) is 101 cm³/mol. The van der Waals surface area contributed by atoms with Gasteiger partial charge in [0.2, 0.25) is 0 Å². The van der Waals surface area contributed by atoms with Gasteiger partial charge in [-0.15, -0.1) is 0 Å². The first kappa shape index (κ1) is 18.2. The molecule has 1 aliphatic rings. The number of carbonyl (C=O) groups excluding carboxylic acids is 2. The summed E-state index contributed by atoms with van der Waals surface area (Å²) >= 11 is 0. The Labute approximate surface area is 153 Å². The fourth-order valence-electron chi connectivity index (χ4n) is 3.34. The molecule has 0 unspecified atom stereocenters. The monoisotopic (exact) mass is 357 g/mol. The van der Waals surface area contributed by atoms with Gasteiger partial charge in [0, 0.05) is 38.3 Å². The van der Waals surface area contributed by atoms with Gasteiger partial charge < -0.3 is 20.1 Å². The van der Waals surface area contributed by atoms with Crippen molar-refractivity contribution in [1.29, 1.82) is 0 Å². The second-order valence-corrected chi connectivity index (χ2v) is 6.63. The lowest BCUT2D eigenvalue weighted by Crippen LogP contribution is -2.36. The first-order chi connectivity index (χ1) is 12.7. The molecule has 3 rings (SSSR count). The number of carbonyl (C=O) groups is 2. The van der Waals surface area contributed by atoms with E-state index >= 15 is 0 Å². The first-order valence-corrected chi connectivity index (χ1v) is 9.45. The molecule has 7 heteroatoms. The van der Waals surface area contributed by atoms with Crippen molar-refractivity contribution in [2.75, 3.05) is 26.2 Å². The highest BCUT2D eigenvalue weighted by Crippen LogP contribution is 2.18. The third-order valence-corrected chi connectivity index (χ3v) is 4.74. The standard InChI is InChI=1S/C19H27N5O2/c1-2-20-19(26)21-9-12-24-14-22-16-13-15(7-8-17(16)24)18(25)23-10-5-3-4-6-11-23/h7-8,13-14H,2-6,9-12H2,1H3,(H2,20,21,26). The van der Waals surface area contributed by atoms with Crippen molar-refractivity contribution in [3.8, 4) is 0 Å². The van der Waals surface area contributed by atoms with Crippen molar-refractivity contribution >= 4 is 23.0 Å². The number of nitrogens with one attached hydrogen (secondary N) is 2. The van der Waals surface area contributed by atoms with Gasteiger partial charge in [-0.2, -0.15) is 0 Å². The highest BCUT2D eigenvalue weighted by atomic mass is 16.2. The van der Waals surface area contributed by atoms with Crippen LogP contribution in [0.1, 0.15) is 43.0 Å². The number of benzene rings is 1.